The Kier molecular flexibility index (Phi) is 3.87. The molecule has 0 aliphatic carbocycles. The average molecular weight is 228 g/mol. The molecule has 7 nitrogen and oxygen atoms in total. The fourth-order valence-corrected chi connectivity index (χ4v) is 1.10. The SMILES string of the molecule is CCOC(=O)c1[nH]c(=O)[nH]c1C(=O)OCC. The highest BCUT2D eigenvalue weighted by Crippen LogP contribution is 2.04. The molecule has 0 spiro atoms. The summed E-state index contributed by atoms with van der Waals surface area (Å²) >= 11 is 0. The van der Waals surface area contributed by atoms with Gasteiger partial charge in [0.1, 0.15) is 0 Å². The lowest BCUT2D eigenvalue weighted by Gasteiger charge is -2.02. The number of aromatic amines is 2. The normalized spacial score (nSPS) is 9.88. The molecule has 1 aromatic rings. The maximum Gasteiger partial charge on any atom is 0.357 e. The molecule has 0 amide bonds. The summed E-state index contributed by atoms with van der Waals surface area (Å²) in [5.74, 6) is -1.55. The van der Waals surface area contributed by atoms with Crippen molar-refractivity contribution in [3.05, 3.63) is 21.9 Å². The van der Waals surface area contributed by atoms with Gasteiger partial charge in [-0.15, -0.1) is 0 Å². The van der Waals surface area contributed by atoms with Crippen LogP contribution in [0, 0.1) is 0 Å². The number of hydrogen-bond donors (Lipinski definition) is 2. The van der Waals surface area contributed by atoms with Crippen molar-refractivity contribution in [3.63, 3.8) is 0 Å². The molecule has 88 valence electrons. The molecule has 0 aromatic carbocycles. The van der Waals surface area contributed by atoms with Crippen LogP contribution in [0.5, 0.6) is 0 Å². The van der Waals surface area contributed by atoms with Gasteiger partial charge in [-0.25, -0.2) is 14.4 Å². The number of carbonyl (C=O) groups is 2. The summed E-state index contributed by atoms with van der Waals surface area (Å²) in [6.45, 7) is 3.53. The Morgan fingerprint density at radius 3 is 1.69 bits per heavy atom. The van der Waals surface area contributed by atoms with E-state index in [9.17, 15) is 14.4 Å². The van der Waals surface area contributed by atoms with Crippen molar-refractivity contribution in [1.82, 2.24) is 9.97 Å². The van der Waals surface area contributed by atoms with Gasteiger partial charge in [-0.05, 0) is 13.8 Å². The molecule has 16 heavy (non-hydrogen) atoms. The Bertz CT molecular complexity index is 406. The molecule has 0 saturated carbocycles. The standard InChI is InChI=1S/C9H12N2O5/c1-3-15-7(12)5-6(8(13)16-4-2)11-9(14)10-5/h3-4H2,1-2H3,(H2,10,11,14). The first-order valence-corrected chi connectivity index (χ1v) is 4.76. The molecule has 1 rings (SSSR count). The lowest BCUT2D eigenvalue weighted by Crippen LogP contribution is -2.13. The van der Waals surface area contributed by atoms with Gasteiger partial charge in [0.25, 0.3) is 0 Å². The van der Waals surface area contributed by atoms with Crippen molar-refractivity contribution in [3.8, 4) is 0 Å². The second kappa shape index (κ2) is 5.15. The summed E-state index contributed by atoms with van der Waals surface area (Å²) in [5, 5.41) is 0. The van der Waals surface area contributed by atoms with Gasteiger partial charge in [0, 0.05) is 0 Å². The highest BCUT2D eigenvalue weighted by Gasteiger charge is 2.22. The van der Waals surface area contributed by atoms with Crippen molar-refractivity contribution in [2.45, 2.75) is 13.8 Å². The van der Waals surface area contributed by atoms with Crippen molar-refractivity contribution >= 4 is 11.9 Å². The van der Waals surface area contributed by atoms with Gasteiger partial charge < -0.3 is 9.47 Å². The zero-order chi connectivity index (χ0) is 12.1. The third kappa shape index (κ3) is 2.50. The smallest absolute Gasteiger partial charge is 0.357 e. The second-order valence-electron chi connectivity index (χ2n) is 2.77. The molecule has 0 unspecified atom stereocenters. The van der Waals surface area contributed by atoms with E-state index in [1.165, 1.54) is 0 Å². The average Bonchev–Trinajstić information content (AvgIpc) is 2.61. The molecule has 0 bridgehead atoms. The van der Waals surface area contributed by atoms with Crippen LogP contribution < -0.4 is 5.69 Å². The van der Waals surface area contributed by atoms with Crippen LogP contribution in [0.1, 0.15) is 34.8 Å². The van der Waals surface area contributed by atoms with Gasteiger partial charge in [0.15, 0.2) is 11.4 Å². The Labute approximate surface area is 90.8 Å². The van der Waals surface area contributed by atoms with E-state index in [1.54, 1.807) is 13.8 Å². The van der Waals surface area contributed by atoms with Crippen LogP contribution in [0.15, 0.2) is 4.79 Å². The van der Waals surface area contributed by atoms with Crippen LogP contribution in [0.4, 0.5) is 0 Å². The van der Waals surface area contributed by atoms with E-state index in [2.05, 4.69) is 19.4 Å². The van der Waals surface area contributed by atoms with Gasteiger partial charge in [0.05, 0.1) is 13.2 Å². The molecular weight excluding hydrogens is 216 g/mol. The highest BCUT2D eigenvalue weighted by atomic mass is 16.5. The summed E-state index contributed by atoms with van der Waals surface area (Å²) in [7, 11) is 0. The van der Waals surface area contributed by atoms with E-state index in [0.717, 1.165) is 0 Å². The third-order valence-corrected chi connectivity index (χ3v) is 1.69. The molecular formula is C9H12N2O5. The first-order chi connectivity index (χ1) is 7.60. The molecule has 2 N–H and O–H groups in total. The summed E-state index contributed by atoms with van der Waals surface area (Å²) in [6, 6.07) is 0. The van der Waals surface area contributed by atoms with E-state index in [4.69, 9.17) is 0 Å². The number of carbonyl (C=O) groups excluding carboxylic acids is 2. The highest BCUT2D eigenvalue weighted by molar-refractivity contribution is 6.00. The molecule has 7 heteroatoms. The van der Waals surface area contributed by atoms with Gasteiger partial charge >= 0.3 is 17.6 Å². The molecule has 0 radical (unpaired) electrons. The first-order valence-electron chi connectivity index (χ1n) is 4.76. The number of rotatable bonds is 4. The lowest BCUT2D eigenvalue weighted by atomic mass is 10.3. The van der Waals surface area contributed by atoms with E-state index in [1.807, 2.05) is 0 Å². The molecule has 1 heterocycles. The monoisotopic (exact) mass is 228 g/mol. The zero-order valence-corrected chi connectivity index (χ0v) is 8.96. The molecule has 0 saturated heterocycles. The Morgan fingerprint density at radius 1 is 1.00 bits per heavy atom. The van der Waals surface area contributed by atoms with Crippen LogP contribution in [0.25, 0.3) is 0 Å². The molecule has 0 atom stereocenters. The number of hydrogen-bond acceptors (Lipinski definition) is 5. The summed E-state index contributed by atoms with van der Waals surface area (Å²) < 4.78 is 9.35. The van der Waals surface area contributed by atoms with Gasteiger partial charge in [-0.3, -0.25) is 9.97 Å². The molecule has 1 aromatic heterocycles. The minimum absolute atomic E-state index is 0.147. The topological polar surface area (TPSA) is 101 Å². The minimum Gasteiger partial charge on any atom is -0.461 e. The maximum atomic E-state index is 11.4. The van der Waals surface area contributed by atoms with Gasteiger partial charge in [-0.2, -0.15) is 0 Å². The van der Waals surface area contributed by atoms with E-state index >= 15 is 0 Å². The lowest BCUT2D eigenvalue weighted by molar-refractivity contribution is 0.0471. The Morgan fingerprint density at radius 2 is 1.38 bits per heavy atom. The summed E-state index contributed by atoms with van der Waals surface area (Å²) in [4.78, 5) is 38.1. The number of ether oxygens (including phenoxy) is 2. The minimum atomic E-state index is -0.774. The number of H-pyrrole nitrogens is 2. The zero-order valence-electron chi connectivity index (χ0n) is 8.96. The van der Waals surface area contributed by atoms with Gasteiger partial charge in [0.2, 0.25) is 0 Å². The van der Waals surface area contributed by atoms with Crippen molar-refractivity contribution in [1.29, 1.82) is 0 Å². The van der Waals surface area contributed by atoms with Crippen LogP contribution in [0.3, 0.4) is 0 Å². The Hall–Kier alpha value is -2.05. The number of aromatic nitrogens is 2. The van der Waals surface area contributed by atoms with E-state index in [0.29, 0.717) is 0 Å². The van der Waals surface area contributed by atoms with Crippen LogP contribution >= 0.6 is 0 Å². The van der Waals surface area contributed by atoms with Crippen LogP contribution in [-0.4, -0.2) is 35.1 Å². The largest absolute Gasteiger partial charge is 0.461 e. The van der Waals surface area contributed by atoms with Crippen LogP contribution in [0.2, 0.25) is 0 Å². The van der Waals surface area contributed by atoms with E-state index < -0.39 is 17.6 Å². The Balaban J connectivity index is 3.04. The van der Waals surface area contributed by atoms with Crippen molar-refractivity contribution < 1.29 is 19.1 Å². The summed E-state index contributed by atoms with van der Waals surface area (Å²) in [6.07, 6.45) is 0. The van der Waals surface area contributed by atoms with Crippen LogP contribution in [-0.2, 0) is 9.47 Å². The predicted molar refractivity (Wildman–Crippen MR) is 53.3 cm³/mol. The second-order valence-corrected chi connectivity index (χ2v) is 2.77. The fourth-order valence-electron chi connectivity index (χ4n) is 1.10. The van der Waals surface area contributed by atoms with E-state index in [-0.39, 0.29) is 24.6 Å². The van der Waals surface area contributed by atoms with Crippen molar-refractivity contribution in [2.24, 2.45) is 0 Å². The first kappa shape index (κ1) is 12.0. The predicted octanol–water partition coefficient (Wildman–Crippen LogP) is 0.0564. The summed E-state index contributed by atoms with van der Waals surface area (Å²) in [5.41, 5.74) is -1.10. The number of imidazole rings is 1. The quantitative estimate of drug-likeness (QED) is 0.709. The van der Waals surface area contributed by atoms with Gasteiger partial charge in [-0.1, -0.05) is 0 Å². The maximum absolute atomic E-state index is 11.4. The third-order valence-electron chi connectivity index (χ3n) is 1.69. The molecule has 0 fully saturated rings. The fraction of sp³-hybridized carbons (Fsp3) is 0.444. The molecule has 0 aliphatic heterocycles. The van der Waals surface area contributed by atoms with Crippen molar-refractivity contribution in [2.75, 3.05) is 13.2 Å². The number of nitrogens with one attached hydrogen (secondary N) is 2. The number of esters is 2. The molecule has 0 aliphatic rings.